The van der Waals surface area contributed by atoms with Gasteiger partial charge in [0.2, 0.25) is 0 Å². The Bertz CT molecular complexity index is 1460. The quantitative estimate of drug-likeness (QED) is 0.148. The molecule has 1 aromatic carbocycles. The number of anilines is 1. The zero-order valence-corrected chi connectivity index (χ0v) is 32.8. The first-order chi connectivity index (χ1) is 24.2. The lowest BCUT2D eigenvalue weighted by Crippen LogP contribution is -2.62. The minimum absolute atomic E-state index is 0.0957. The van der Waals surface area contributed by atoms with Gasteiger partial charge < -0.3 is 30.6 Å². The molecule has 4 aliphatic carbocycles. The molecule has 4 saturated carbocycles. The maximum Gasteiger partial charge on any atom is 0.303 e. The van der Waals surface area contributed by atoms with Gasteiger partial charge in [-0.1, -0.05) is 46.2 Å². The summed E-state index contributed by atoms with van der Waals surface area (Å²) in [5, 5.41) is 47.5. The van der Waals surface area contributed by atoms with Crippen molar-refractivity contribution in [1.29, 1.82) is 0 Å². The molecule has 286 valence electrons. The summed E-state index contributed by atoms with van der Waals surface area (Å²) >= 11 is 6.04. The van der Waals surface area contributed by atoms with Crippen LogP contribution in [0.3, 0.4) is 0 Å². The van der Waals surface area contributed by atoms with Gasteiger partial charge in [-0.2, -0.15) is 0 Å². The van der Waals surface area contributed by atoms with Crippen LogP contribution in [0.4, 0.5) is 5.69 Å². The van der Waals surface area contributed by atoms with Crippen LogP contribution in [0.2, 0.25) is 5.02 Å². The molecule has 0 bridgehead atoms. The second-order valence-corrected chi connectivity index (χ2v) is 17.6. The maximum absolute atomic E-state index is 11.5. The van der Waals surface area contributed by atoms with E-state index in [0.717, 1.165) is 86.1 Å². The molecule has 1 heterocycles. The van der Waals surface area contributed by atoms with Crippen LogP contribution in [0.5, 0.6) is 0 Å². The van der Waals surface area contributed by atoms with Gasteiger partial charge in [0.25, 0.3) is 0 Å². The summed E-state index contributed by atoms with van der Waals surface area (Å²) in [7, 11) is 0. The van der Waals surface area contributed by atoms with Crippen LogP contribution in [-0.2, 0) is 4.79 Å². The minimum Gasteiger partial charge on any atom is -0.481 e. The number of carboxylic acid groups (broad SMARTS) is 1. The van der Waals surface area contributed by atoms with E-state index in [9.17, 15) is 20.1 Å². The number of benzene rings is 1. The van der Waals surface area contributed by atoms with Gasteiger partial charge in [-0.05, 0) is 161 Å². The number of hydrogen-bond acceptors (Lipinski definition) is 7. The van der Waals surface area contributed by atoms with Crippen molar-refractivity contribution in [2.45, 2.75) is 137 Å². The molecule has 4 aliphatic rings. The van der Waals surface area contributed by atoms with Crippen molar-refractivity contribution >= 4 is 34.2 Å². The highest BCUT2D eigenvalue weighted by atomic mass is 35.5. The largest absolute Gasteiger partial charge is 0.481 e. The number of aliphatic hydroxyl groups excluding tert-OH is 3. The highest BCUT2D eigenvalue weighted by Gasteiger charge is 2.65. The number of fused-ring (bicyclic) bond motifs is 6. The van der Waals surface area contributed by atoms with Crippen molar-refractivity contribution in [1.82, 2.24) is 9.88 Å². The molecule has 0 saturated heterocycles. The van der Waals surface area contributed by atoms with E-state index in [4.69, 9.17) is 16.7 Å². The molecule has 0 amide bonds. The van der Waals surface area contributed by atoms with E-state index in [2.05, 4.69) is 56.7 Å². The first-order valence-electron chi connectivity index (χ1n) is 20.0. The van der Waals surface area contributed by atoms with Gasteiger partial charge in [-0.15, -0.1) is 0 Å². The van der Waals surface area contributed by atoms with Crippen LogP contribution in [0.1, 0.15) is 112 Å². The SMILES string of the molecule is CCN(CC)CCCC(C)Nc1ccnc2cc(Cl)ccc12.C[C@H](CCC(=O)O)[C@H]1CC[C@H]2[C@@H]3[C@H](O)C[C@@H]4C[C@H](O)CC[C@]4(C)[C@H]3C[C@H](O)[C@]12C. The Morgan fingerprint density at radius 1 is 1.02 bits per heavy atom. The Morgan fingerprint density at radius 3 is 2.47 bits per heavy atom. The number of rotatable bonds is 12. The minimum atomic E-state index is -0.748. The standard InChI is InChI=1S/C24H40O5.C18H26ClN3/c1-13(4-7-21(28)29)16-5-6-17-22-18(12-20(27)24(16,17)3)23(2)9-8-15(25)10-14(23)11-19(22)26;1-4-22(5-2)12-6-7-14(3)21-17-10-11-20-18-13-15(19)8-9-16(17)18/h13-20,22,25-27H,4-12H2,1-3H3,(H,28,29);8-11,13-14H,4-7,12H2,1-3H3,(H,20,21)/t13-,14+,15-,16-,17+,18+,19-,20+,22+,23+,24-;/m1./s1. The Balaban J connectivity index is 0.000000206. The Kier molecular flexibility index (Phi) is 13.4. The average Bonchev–Trinajstić information content (AvgIpc) is 3.45. The van der Waals surface area contributed by atoms with Crippen molar-refractivity contribution in [2.24, 2.45) is 46.3 Å². The number of carboxylic acids is 1. The third-order valence-electron chi connectivity index (χ3n) is 14.4. The first-order valence-corrected chi connectivity index (χ1v) is 20.4. The van der Waals surface area contributed by atoms with Crippen LogP contribution in [0.25, 0.3) is 10.9 Å². The number of carbonyl (C=O) groups is 1. The Labute approximate surface area is 311 Å². The summed E-state index contributed by atoms with van der Waals surface area (Å²) < 4.78 is 0. The fourth-order valence-corrected chi connectivity index (χ4v) is 11.6. The van der Waals surface area contributed by atoms with Crippen LogP contribution in [0, 0.1) is 46.3 Å². The summed E-state index contributed by atoms with van der Waals surface area (Å²) in [4.78, 5) is 17.9. The number of halogens is 1. The van der Waals surface area contributed by atoms with E-state index < -0.39 is 12.1 Å². The van der Waals surface area contributed by atoms with Gasteiger partial charge in [0, 0.05) is 34.8 Å². The van der Waals surface area contributed by atoms with Gasteiger partial charge in [-0.25, -0.2) is 0 Å². The molecule has 1 aromatic heterocycles. The van der Waals surface area contributed by atoms with Gasteiger partial charge in [0.15, 0.2) is 0 Å². The maximum atomic E-state index is 11.5. The summed E-state index contributed by atoms with van der Waals surface area (Å²) in [5.41, 5.74) is 1.93. The van der Waals surface area contributed by atoms with Crippen LogP contribution in [-0.4, -0.2) is 80.3 Å². The molecule has 5 N–H and O–H groups in total. The molecule has 0 aliphatic heterocycles. The lowest BCUT2D eigenvalue weighted by Gasteiger charge is -2.63. The highest BCUT2D eigenvalue weighted by Crippen LogP contribution is 2.68. The van der Waals surface area contributed by atoms with E-state index in [1.807, 2.05) is 30.5 Å². The molecule has 9 heteroatoms. The van der Waals surface area contributed by atoms with Crippen molar-refractivity contribution < 1.29 is 25.2 Å². The fourth-order valence-electron chi connectivity index (χ4n) is 11.4. The number of aliphatic hydroxyl groups is 3. The Hall–Kier alpha value is -1.97. The smallest absolute Gasteiger partial charge is 0.303 e. The van der Waals surface area contributed by atoms with Crippen LogP contribution in [0.15, 0.2) is 30.5 Å². The molecule has 8 nitrogen and oxygen atoms in total. The number of pyridine rings is 1. The zero-order valence-electron chi connectivity index (χ0n) is 32.0. The van der Waals surface area contributed by atoms with Crippen molar-refractivity contribution in [3.05, 3.63) is 35.5 Å². The Morgan fingerprint density at radius 2 is 1.76 bits per heavy atom. The molecule has 12 atom stereocenters. The van der Waals surface area contributed by atoms with Gasteiger partial charge in [-0.3, -0.25) is 9.78 Å². The summed E-state index contributed by atoms with van der Waals surface area (Å²) in [6.07, 6.45) is 10.2. The monoisotopic (exact) mass is 727 g/mol. The summed E-state index contributed by atoms with van der Waals surface area (Å²) in [6.45, 7) is 16.8. The molecular formula is C42H66ClN3O5. The van der Waals surface area contributed by atoms with Crippen molar-refractivity contribution in [2.75, 3.05) is 25.0 Å². The highest BCUT2D eigenvalue weighted by molar-refractivity contribution is 6.31. The van der Waals surface area contributed by atoms with Crippen molar-refractivity contribution in [3.63, 3.8) is 0 Å². The molecule has 0 spiro atoms. The van der Waals surface area contributed by atoms with Gasteiger partial charge in [0.1, 0.15) is 0 Å². The van der Waals surface area contributed by atoms with E-state index in [1.54, 1.807) is 0 Å². The van der Waals surface area contributed by atoms with Crippen LogP contribution >= 0.6 is 11.6 Å². The molecule has 0 radical (unpaired) electrons. The molecule has 6 rings (SSSR count). The molecule has 2 aromatic rings. The molecule has 1 unspecified atom stereocenters. The number of nitrogens with zero attached hydrogens (tertiary/aromatic N) is 2. The number of nitrogens with one attached hydrogen (secondary N) is 1. The molecule has 4 fully saturated rings. The third-order valence-corrected chi connectivity index (χ3v) is 14.7. The predicted octanol–water partition coefficient (Wildman–Crippen LogP) is 8.26. The number of aliphatic carboxylic acids is 1. The van der Waals surface area contributed by atoms with E-state index in [1.165, 1.54) is 13.0 Å². The topological polar surface area (TPSA) is 126 Å². The third kappa shape index (κ3) is 8.56. The fraction of sp³-hybridized carbons (Fsp3) is 0.762. The molecular weight excluding hydrogens is 662 g/mol. The average molecular weight is 728 g/mol. The zero-order chi connectivity index (χ0) is 37.1. The summed E-state index contributed by atoms with van der Waals surface area (Å²) in [6, 6.07) is 8.35. The normalized spacial score (nSPS) is 35.6. The van der Waals surface area contributed by atoms with Gasteiger partial charge >= 0.3 is 5.97 Å². The number of hydrogen-bond donors (Lipinski definition) is 5. The van der Waals surface area contributed by atoms with E-state index in [0.29, 0.717) is 36.1 Å². The first kappa shape index (κ1) is 40.2. The lowest BCUT2D eigenvalue weighted by molar-refractivity contribution is -0.207. The van der Waals surface area contributed by atoms with E-state index in [-0.39, 0.29) is 41.3 Å². The predicted molar refractivity (Wildman–Crippen MR) is 207 cm³/mol. The van der Waals surface area contributed by atoms with E-state index >= 15 is 0 Å². The van der Waals surface area contributed by atoms with Crippen LogP contribution < -0.4 is 5.32 Å². The van der Waals surface area contributed by atoms with Gasteiger partial charge in [0.05, 0.1) is 23.8 Å². The summed E-state index contributed by atoms with van der Waals surface area (Å²) in [5.74, 6) is 0.997. The number of aromatic nitrogens is 1. The molecule has 51 heavy (non-hydrogen) atoms. The second-order valence-electron chi connectivity index (χ2n) is 17.2. The second kappa shape index (κ2) is 17.0. The lowest BCUT2D eigenvalue weighted by atomic mass is 9.43. The van der Waals surface area contributed by atoms with Crippen molar-refractivity contribution in [3.8, 4) is 0 Å².